The van der Waals surface area contributed by atoms with Gasteiger partial charge < -0.3 is 5.73 Å². The van der Waals surface area contributed by atoms with Gasteiger partial charge in [0.25, 0.3) is 0 Å². The minimum Gasteiger partial charge on any atom is -0.330 e. The maximum absolute atomic E-state index is 12.5. The van der Waals surface area contributed by atoms with Gasteiger partial charge >= 0.3 is 6.18 Å². The fourth-order valence-electron chi connectivity index (χ4n) is 1.67. The lowest BCUT2D eigenvalue weighted by Crippen LogP contribution is -2.22. The molecule has 0 radical (unpaired) electrons. The second-order valence-electron chi connectivity index (χ2n) is 4.61. The molecule has 0 amide bonds. The Bertz CT molecular complexity index is 399. The van der Waals surface area contributed by atoms with E-state index in [9.17, 15) is 13.2 Å². The van der Waals surface area contributed by atoms with Crippen molar-refractivity contribution in [2.75, 3.05) is 6.54 Å². The molecular formula is C12H15ClF3N. The van der Waals surface area contributed by atoms with Crippen molar-refractivity contribution in [3.05, 3.63) is 34.3 Å². The third kappa shape index (κ3) is 3.36. The first-order chi connectivity index (χ1) is 7.68. The molecule has 0 heterocycles. The van der Waals surface area contributed by atoms with Crippen molar-refractivity contribution < 1.29 is 13.2 Å². The normalized spacial score (nSPS) is 12.9. The summed E-state index contributed by atoms with van der Waals surface area (Å²) >= 11 is 5.67. The molecule has 0 aliphatic carbocycles. The molecule has 0 unspecified atom stereocenters. The van der Waals surface area contributed by atoms with E-state index in [1.54, 1.807) is 0 Å². The molecule has 2 N–H and O–H groups in total. The molecule has 0 spiro atoms. The van der Waals surface area contributed by atoms with Gasteiger partial charge in [-0.1, -0.05) is 31.5 Å². The molecule has 5 heteroatoms. The molecule has 1 aromatic carbocycles. The maximum atomic E-state index is 12.5. The Morgan fingerprint density at radius 3 is 2.24 bits per heavy atom. The van der Waals surface area contributed by atoms with Gasteiger partial charge in [0.2, 0.25) is 0 Å². The van der Waals surface area contributed by atoms with Crippen LogP contribution in [0.15, 0.2) is 18.2 Å². The Morgan fingerprint density at radius 2 is 1.82 bits per heavy atom. The van der Waals surface area contributed by atoms with Gasteiger partial charge in [-0.3, -0.25) is 0 Å². The fourth-order valence-corrected chi connectivity index (χ4v) is 1.96. The minimum absolute atomic E-state index is 0.264. The molecule has 0 atom stereocenters. The van der Waals surface area contributed by atoms with Gasteiger partial charge in [-0.25, -0.2) is 0 Å². The molecule has 1 nitrogen and oxygen atoms in total. The van der Waals surface area contributed by atoms with Crippen LogP contribution in [0.2, 0.25) is 5.02 Å². The molecule has 0 bridgehead atoms. The minimum atomic E-state index is -4.41. The summed E-state index contributed by atoms with van der Waals surface area (Å²) in [5.41, 5.74) is 5.17. The van der Waals surface area contributed by atoms with E-state index in [1.165, 1.54) is 12.1 Å². The highest BCUT2D eigenvalue weighted by Crippen LogP contribution is 2.37. The van der Waals surface area contributed by atoms with Crippen LogP contribution in [0.3, 0.4) is 0 Å². The zero-order valence-corrected chi connectivity index (χ0v) is 10.5. The predicted molar refractivity (Wildman–Crippen MR) is 63.2 cm³/mol. The first-order valence-corrected chi connectivity index (χ1v) is 5.63. The summed E-state index contributed by atoms with van der Waals surface area (Å²) in [5.74, 6) is 0. The summed E-state index contributed by atoms with van der Waals surface area (Å²) in [7, 11) is 0. The predicted octanol–water partition coefficient (Wildman–Crippen LogP) is 3.99. The molecular weight excluding hydrogens is 251 g/mol. The van der Waals surface area contributed by atoms with Crippen LogP contribution >= 0.6 is 11.6 Å². The van der Waals surface area contributed by atoms with Crippen molar-refractivity contribution in [1.29, 1.82) is 0 Å². The molecule has 17 heavy (non-hydrogen) atoms. The Morgan fingerprint density at radius 1 is 1.24 bits per heavy atom. The Kier molecular flexibility index (Phi) is 4.10. The summed E-state index contributed by atoms with van der Waals surface area (Å²) in [5, 5.41) is -0.264. The Balaban J connectivity index is 3.13. The second-order valence-corrected chi connectivity index (χ2v) is 5.02. The van der Waals surface area contributed by atoms with Crippen molar-refractivity contribution in [1.82, 2.24) is 0 Å². The summed E-state index contributed by atoms with van der Waals surface area (Å²) in [6, 6.07) is 3.86. The molecule has 0 aromatic heterocycles. The molecule has 0 saturated carbocycles. The summed E-state index contributed by atoms with van der Waals surface area (Å²) in [6.07, 6.45) is -3.72. The smallest absolute Gasteiger partial charge is 0.330 e. The summed E-state index contributed by atoms with van der Waals surface area (Å²) < 4.78 is 37.6. The maximum Gasteiger partial charge on any atom is 0.417 e. The largest absolute Gasteiger partial charge is 0.417 e. The van der Waals surface area contributed by atoms with Crippen molar-refractivity contribution in [2.24, 2.45) is 5.73 Å². The highest BCUT2D eigenvalue weighted by Gasteiger charge is 2.33. The lowest BCUT2D eigenvalue weighted by Gasteiger charge is -2.25. The number of nitrogens with two attached hydrogens (primary N) is 1. The van der Waals surface area contributed by atoms with E-state index in [4.69, 9.17) is 17.3 Å². The highest BCUT2D eigenvalue weighted by atomic mass is 35.5. The average molecular weight is 266 g/mol. The first kappa shape index (κ1) is 14.3. The molecule has 96 valence electrons. The third-order valence-electron chi connectivity index (χ3n) is 2.83. The number of benzene rings is 1. The SMILES string of the molecule is CC(C)(CCN)c1ccc(C(F)(F)F)c(Cl)c1. The topological polar surface area (TPSA) is 26.0 Å². The molecule has 0 fully saturated rings. The zero-order valence-electron chi connectivity index (χ0n) is 9.74. The van der Waals surface area contributed by atoms with E-state index < -0.39 is 11.7 Å². The van der Waals surface area contributed by atoms with Crippen LogP contribution in [0.1, 0.15) is 31.4 Å². The van der Waals surface area contributed by atoms with Gasteiger partial charge in [-0.15, -0.1) is 0 Å². The molecule has 1 aromatic rings. The van der Waals surface area contributed by atoms with Crippen LogP contribution in [-0.2, 0) is 11.6 Å². The average Bonchev–Trinajstić information content (AvgIpc) is 2.15. The van der Waals surface area contributed by atoms with Gasteiger partial charge in [0.1, 0.15) is 0 Å². The van der Waals surface area contributed by atoms with Crippen LogP contribution in [0.25, 0.3) is 0 Å². The first-order valence-electron chi connectivity index (χ1n) is 5.26. The van der Waals surface area contributed by atoms with Gasteiger partial charge in [-0.05, 0) is 36.1 Å². The fraction of sp³-hybridized carbons (Fsp3) is 0.500. The van der Waals surface area contributed by atoms with Crippen molar-refractivity contribution in [3.8, 4) is 0 Å². The van der Waals surface area contributed by atoms with E-state index in [0.29, 0.717) is 13.0 Å². The number of rotatable bonds is 3. The van der Waals surface area contributed by atoms with Crippen LogP contribution in [0.4, 0.5) is 13.2 Å². The van der Waals surface area contributed by atoms with Gasteiger partial charge in [0, 0.05) is 0 Å². The number of alkyl halides is 3. The van der Waals surface area contributed by atoms with E-state index in [2.05, 4.69) is 0 Å². The standard InChI is InChI=1S/C12H15ClF3N/c1-11(2,5-6-17)8-3-4-9(10(13)7-8)12(14,15)16/h3-4,7H,5-6,17H2,1-2H3. The molecule has 0 aliphatic heterocycles. The van der Waals surface area contributed by atoms with Crippen LogP contribution < -0.4 is 5.73 Å². The van der Waals surface area contributed by atoms with Crippen molar-refractivity contribution in [2.45, 2.75) is 31.9 Å². The van der Waals surface area contributed by atoms with Crippen LogP contribution in [0, 0.1) is 0 Å². The lowest BCUT2D eigenvalue weighted by atomic mass is 9.81. The number of hydrogen-bond donors (Lipinski definition) is 1. The van der Waals surface area contributed by atoms with Crippen molar-refractivity contribution >= 4 is 11.6 Å². The van der Waals surface area contributed by atoms with Crippen LogP contribution in [0.5, 0.6) is 0 Å². The lowest BCUT2D eigenvalue weighted by molar-refractivity contribution is -0.137. The second kappa shape index (κ2) is 4.86. The summed E-state index contributed by atoms with van der Waals surface area (Å²) in [6.45, 7) is 4.34. The molecule has 1 rings (SSSR count). The number of halogens is 4. The van der Waals surface area contributed by atoms with E-state index in [0.717, 1.165) is 11.6 Å². The van der Waals surface area contributed by atoms with Gasteiger partial charge in [0.05, 0.1) is 10.6 Å². The van der Waals surface area contributed by atoms with E-state index in [-0.39, 0.29) is 10.4 Å². The van der Waals surface area contributed by atoms with Crippen molar-refractivity contribution in [3.63, 3.8) is 0 Å². The number of hydrogen-bond acceptors (Lipinski definition) is 1. The molecule has 0 aliphatic rings. The zero-order chi connectivity index (χ0) is 13.3. The van der Waals surface area contributed by atoms with Crippen LogP contribution in [-0.4, -0.2) is 6.54 Å². The quantitative estimate of drug-likeness (QED) is 0.879. The third-order valence-corrected chi connectivity index (χ3v) is 3.14. The Hall–Kier alpha value is -0.740. The highest BCUT2D eigenvalue weighted by molar-refractivity contribution is 6.31. The Labute approximate surface area is 104 Å². The molecule has 0 saturated heterocycles. The van der Waals surface area contributed by atoms with Gasteiger partial charge in [0.15, 0.2) is 0 Å². The van der Waals surface area contributed by atoms with Gasteiger partial charge in [-0.2, -0.15) is 13.2 Å². The summed E-state index contributed by atoms with van der Waals surface area (Å²) in [4.78, 5) is 0. The van der Waals surface area contributed by atoms with E-state index >= 15 is 0 Å². The monoisotopic (exact) mass is 265 g/mol. The van der Waals surface area contributed by atoms with E-state index in [1.807, 2.05) is 13.8 Å².